The highest BCUT2D eigenvalue weighted by Crippen LogP contribution is 2.48. The Morgan fingerprint density at radius 2 is 1.64 bits per heavy atom. The Morgan fingerprint density at radius 1 is 0.897 bits per heavy atom. The fourth-order valence-corrected chi connectivity index (χ4v) is 7.59. The van der Waals surface area contributed by atoms with Crippen LogP contribution in [0.25, 0.3) is 28.0 Å². The highest BCUT2D eigenvalue weighted by atomic mass is 32.2. The van der Waals surface area contributed by atoms with Crippen LogP contribution in [0.4, 0.5) is 11.4 Å². The van der Waals surface area contributed by atoms with E-state index < -0.39 is 5.97 Å². The van der Waals surface area contributed by atoms with Gasteiger partial charge in [0.15, 0.2) is 0 Å². The van der Waals surface area contributed by atoms with E-state index in [1.54, 1.807) is 17.4 Å². The van der Waals surface area contributed by atoms with Gasteiger partial charge in [-0.25, -0.2) is 4.79 Å². The molecule has 2 aromatic heterocycles. The van der Waals surface area contributed by atoms with Crippen LogP contribution in [0, 0.1) is 11.3 Å². The number of fused-ring (bicyclic) bond motifs is 2. The van der Waals surface area contributed by atoms with Crippen LogP contribution >= 0.6 is 34.4 Å². The molecular weight excluding hydrogens is 541 g/mol. The summed E-state index contributed by atoms with van der Waals surface area (Å²) in [7, 11) is 0. The fraction of sp³-hybridized carbons (Fsp3) is 0.188. The summed E-state index contributed by atoms with van der Waals surface area (Å²) in [5, 5.41) is 18.1. The van der Waals surface area contributed by atoms with E-state index in [0.29, 0.717) is 0 Å². The molecule has 0 amide bonds. The first kappa shape index (κ1) is 27.0. The molecule has 0 spiro atoms. The minimum Gasteiger partial charge on any atom is -0.477 e. The molecule has 1 N–H and O–H groups in total. The molecule has 0 aliphatic carbocycles. The average molecular weight is 569 g/mol. The molecule has 2 aromatic carbocycles. The Bertz CT molecular complexity index is 1590. The van der Waals surface area contributed by atoms with Gasteiger partial charge >= 0.3 is 5.97 Å². The molecule has 0 atom stereocenters. The minimum absolute atomic E-state index is 0.260. The minimum atomic E-state index is -1.21. The second-order valence-electron chi connectivity index (χ2n) is 9.22. The summed E-state index contributed by atoms with van der Waals surface area (Å²) in [4.78, 5) is 20.3. The average Bonchev–Trinajstić information content (AvgIpc) is 3.61. The van der Waals surface area contributed by atoms with Gasteiger partial charge in [-0.15, -0.1) is 22.7 Å². The fourth-order valence-electron chi connectivity index (χ4n) is 4.49. The molecule has 1 aliphatic heterocycles. The van der Waals surface area contributed by atoms with Gasteiger partial charge in [-0.1, -0.05) is 62.2 Å². The van der Waals surface area contributed by atoms with Crippen molar-refractivity contribution in [2.24, 2.45) is 0 Å². The summed E-state index contributed by atoms with van der Waals surface area (Å²) < 4.78 is 0. The van der Waals surface area contributed by atoms with Gasteiger partial charge in [0, 0.05) is 35.8 Å². The van der Waals surface area contributed by atoms with Crippen LogP contribution in [0.1, 0.15) is 47.9 Å². The molecule has 0 radical (unpaired) electrons. The smallest absolute Gasteiger partial charge is 0.346 e. The van der Waals surface area contributed by atoms with Crippen molar-refractivity contribution in [3.05, 3.63) is 87.6 Å². The highest BCUT2D eigenvalue weighted by molar-refractivity contribution is 7.99. The Morgan fingerprint density at radius 3 is 2.41 bits per heavy atom. The Kier molecular flexibility index (Phi) is 8.67. The van der Waals surface area contributed by atoms with Crippen LogP contribution in [0.15, 0.2) is 82.1 Å². The van der Waals surface area contributed by atoms with Crippen molar-refractivity contribution in [2.75, 3.05) is 11.4 Å². The van der Waals surface area contributed by atoms with E-state index in [4.69, 9.17) is 10.4 Å². The van der Waals surface area contributed by atoms with Crippen molar-refractivity contribution >= 4 is 70.0 Å². The zero-order valence-corrected chi connectivity index (χ0v) is 24.0. The summed E-state index contributed by atoms with van der Waals surface area (Å²) in [5.41, 5.74) is 3.50. The van der Waals surface area contributed by atoms with Crippen molar-refractivity contribution in [3.63, 3.8) is 0 Å². The molecule has 0 saturated heterocycles. The maximum Gasteiger partial charge on any atom is 0.346 e. The number of hydrogen-bond acceptors (Lipinski definition) is 6. The first-order valence-electron chi connectivity index (χ1n) is 13.0. The van der Waals surface area contributed by atoms with E-state index in [1.807, 2.05) is 23.9 Å². The SMILES string of the molecule is CCCCCCN1c2ccccc2Sc2cc(C=Cc3ccc(-c4ccc(C=C(C#N)C(=O)O)s4)s3)ccc21. The van der Waals surface area contributed by atoms with Crippen LogP contribution in [0.3, 0.4) is 0 Å². The third-order valence-electron chi connectivity index (χ3n) is 6.46. The molecule has 1 aliphatic rings. The topological polar surface area (TPSA) is 64.3 Å². The number of hydrogen-bond donors (Lipinski definition) is 1. The van der Waals surface area contributed by atoms with Gasteiger partial charge in [-0.2, -0.15) is 5.26 Å². The Labute approximate surface area is 241 Å². The lowest BCUT2D eigenvalue weighted by Gasteiger charge is -2.33. The summed E-state index contributed by atoms with van der Waals surface area (Å²) in [5.74, 6) is -1.21. The number of nitrogens with zero attached hydrogens (tertiary/aromatic N) is 2. The summed E-state index contributed by atoms with van der Waals surface area (Å²) >= 11 is 5.02. The first-order chi connectivity index (χ1) is 19.1. The number of anilines is 2. The van der Waals surface area contributed by atoms with Gasteiger partial charge in [0.25, 0.3) is 0 Å². The van der Waals surface area contributed by atoms with Gasteiger partial charge < -0.3 is 10.0 Å². The molecule has 3 heterocycles. The predicted molar refractivity (Wildman–Crippen MR) is 166 cm³/mol. The van der Waals surface area contributed by atoms with Gasteiger partial charge in [-0.3, -0.25) is 0 Å². The summed E-state index contributed by atoms with van der Waals surface area (Å²) in [6.07, 6.45) is 10.7. The molecular formula is C32H28N2O2S3. The van der Waals surface area contributed by atoms with Crippen molar-refractivity contribution in [2.45, 2.75) is 42.4 Å². The zero-order valence-electron chi connectivity index (χ0n) is 21.6. The number of carboxylic acids is 1. The number of para-hydroxylation sites is 1. The number of rotatable bonds is 10. The summed E-state index contributed by atoms with van der Waals surface area (Å²) in [6, 6.07) is 25.2. The van der Waals surface area contributed by atoms with Gasteiger partial charge in [0.2, 0.25) is 0 Å². The molecule has 4 aromatic rings. The Hall–Kier alpha value is -3.57. The van der Waals surface area contributed by atoms with Gasteiger partial charge in [-0.05, 0) is 72.7 Å². The molecule has 0 saturated carbocycles. The van der Waals surface area contributed by atoms with Crippen molar-refractivity contribution < 1.29 is 9.90 Å². The lowest BCUT2D eigenvalue weighted by molar-refractivity contribution is -0.132. The van der Waals surface area contributed by atoms with E-state index in [-0.39, 0.29) is 5.57 Å². The predicted octanol–water partition coefficient (Wildman–Crippen LogP) is 9.82. The molecule has 4 nitrogen and oxygen atoms in total. The molecule has 7 heteroatoms. The van der Waals surface area contributed by atoms with E-state index in [2.05, 4.69) is 78.6 Å². The molecule has 39 heavy (non-hydrogen) atoms. The second kappa shape index (κ2) is 12.5. The number of unbranched alkanes of at least 4 members (excludes halogenated alkanes) is 3. The maximum atomic E-state index is 11.1. The summed E-state index contributed by atoms with van der Waals surface area (Å²) in [6.45, 7) is 3.28. The number of carbonyl (C=O) groups is 1. The van der Waals surface area contributed by atoms with Crippen molar-refractivity contribution in [3.8, 4) is 15.8 Å². The van der Waals surface area contributed by atoms with Gasteiger partial charge in [0.05, 0.1) is 11.4 Å². The first-order valence-corrected chi connectivity index (χ1v) is 15.4. The Balaban J connectivity index is 1.32. The van der Waals surface area contributed by atoms with E-state index in [9.17, 15) is 4.79 Å². The number of aliphatic carboxylic acids is 1. The zero-order chi connectivity index (χ0) is 27.2. The van der Waals surface area contributed by atoms with Crippen LogP contribution in [0.5, 0.6) is 0 Å². The lowest BCUT2D eigenvalue weighted by atomic mass is 10.1. The molecule has 0 bridgehead atoms. The molecule has 0 unspecified atom stereocenters. The largest absolute Gasteiger partial charge is 0.477 e. The van der Waals surface area contributed by atoms with E-state index in [0.717, 1.165) is 26.1 Å². The van der Waals surface area contributed by atoms with Crippen molar-refractivity contribution in [1.82, 2.24) is 0 Å². The van der Waals surface area contributed by atoms with E-state index >= 15 is 0 Å². The van der Waals surface area contributed by atoms with Crippen LogP contribution < -0.4 is 4.90 Å². The van der Waals surface area contributed by atoms with Crippen LogP contribution in [-0.4, -0.2) is 17.6 Å². The number of benzene rings is 2. The van der Waals surface area contributed by atoms with Gasteiger partial charge in [0.1, 0.15) is 11.6 Å². The normalized spacial score (nSPS) is 12.8. The standard InChI is InChI=1S/C32H28N2O2S3/c1-2-3-4-7-18-34-26-8-5-6-9-28(26)39-31-19-22(11-15-27(31)34)10-12-24-13-16-29(37-24)30-17-14-25(38-30)20-23(21-33)32(35)36/h5-6,8-17,19-20H,2-4,7,18H2,1H3,(H,35,36). The maximum absolute atomic E-state index is 11.1. The van der Waals surface area contributed by atoms with Crippen molar-refractivity contribution in [1.29, 1.82) is 5.26 Å². The number of thiophene rings is 2. The molecule has 0 fully saturated rings. The van der Waals surface area contributed by atoms with E-state index in [1.165, 1.54) is 69.8 Å². The number of nitriles is 1. The van der Waals surface area contributed by atoms with Crippen LogP contribution in [0.2, 0.25) is 0 Å². The monoisotopic (exact) mass is 568 g/mol. The highest BCUT2D eigenvalue weighted by Gasteiger charge is 2.22. The number of carboxylic acid groups (broad SMARTS) is 1. The molecule has 5 rings (SSSR count). The quantitative estimate of drug-likeness (QED) is 0.117. The third kappa shape index (κ3) is 6.36. The lowest BCUT2D eigenvalue weighted by Crippen LogP contribution is -2.22. The second-order valence-corrected chi connectivity index (χ2v) is 12.5. The van der Waals surface area contributed by atoms with Crippen LogP contribution in [-0.2, 0) is 4.79 Å². The third-order valence-corrected chi connectivity index (χ3v) is 9.85. The molecule has 196 valence electrons.